The van der Waals surface area contributed by atoms with Crippen molar-refractivity contribution in [2.45, 2.75) is 19.5 Å². The number of alkyl halides is 4. The third-order valence-corrected chi connectivity index (χ3v) is 2.77. The topological polar surface area (TPSA) is 9.23 Å². The van der Waals surface area contributed by atoms with Gasteiger partial charge in [-0.2, -0.15) is 0 Å². The minimum Gasteiger partial charge on any atom is -0.406 e. The van der Waals surface area contributed by atoms with Gasteiger partial charge in [0.25, 0.3) is 0 Å². The Kier molecular flexibility index (Phi) is 3.97. The molecule has 20 heavy (non-hydrogen) atoms. The Hall–Kier alpha value is -2.04. The van der Waals surface area contributed by atoms with Crippen LogP contribution in [0.15, 0.2) is 48.5 Å². The van der Waals surface area contributed by atoms with E-state index in [1.165, 1.54) is 31.2 Å². The maximum absolute atomic E-state index is 13.2. The van der Waals surface area contributed by atoms with E-state index in [9.17, 15) is 17.6 Å². The lowest BCUT2D eigenvalue weighted by Gasteiger charge is -2.10. The first-order valence-corrected chi connectivity index (χ1v) is 5.95. The number of rotatable bonds is 3. The monoisotopic (exact) mass is 284 g/mol. The van der Waals surface area contributed by atoms with Gasteiger partial charge in [-0.25, -0.2) is 4.39 Å². The summed E-state index contributed by atoms with van der Waals surface area (Å²) >= 11 is 0. The van der Waals surface area contributed by atoms with E-state index in [1.54, 1.807) is 24.3 Å². The van der Waals surface area contributed by atoms with E-state index in [4.69, 9.17) is 0 Å². The van der Waals surface area contributed by atoms with Crippen LogP contribution < -0.4 is 4.74 Å². The minimum atomic E-state index is -4.70. The Morgan fingerprint density at radius 2 is 1.60 bits per heavy atom. The first-order chi connectivity index (χ1) is 9.35. The first kappa shape index (κ1) is 14.4. The quantitative estimate of drug-likeness (QED) is 0.696. The highest BCUT2D eigenvalue weighted by Gasteiger charge is 2.30. The van der Waals surface area contributed by atoms with Crippen molar-refractivity contribution in [2.24, 2.45) is 0 Å². The zero-order valence-corrected chi connectivity index (χ0v) is 10.6. The van der Waals surface area contributed by atoms with E-state index in [0.717, 1.165) is 5.56 Å². The Labute approximate surface area is 113 Å². The third kappa shape index (κ3) is 3.73. The molecule has 0 aliphatic carbocycles. The average molecular weight is 284 g/mol. The van der Waals surface area contributed by atoms with Crippen molar-refractivity contribution in [3.05, 3.63) is 54.1 Å². The van der Waals surface area contributed by atoms with Crippen LogP contribution in [0.1, 0.15) is 18.7 Å². The van der Waals surface area contributed by atoms with Crippen LogP contribution in [0, 0.1) is 0 Å². The van der Waals surface area contributed by atoms with Gasteiger partial charge in [0.2, 0.25) is 0 Å². The Morgan fingerprint density at radius 1 is 0.950 bits per heavy atom. The summed E-state index contributed by atoms with van der Waals surface area (Å²) in [6, 6.07) is 12.3. The maximum Gasteiger partial charge on any atom is 0.573 e. The second-order valence-electron chi connectivity index (χ2n) is 4.31. The molecule has 0 aliphatic rings. The Balaban J connectivity index is 2.24. The smallest absolute Gasteiger partial charge is 0.406 e. The predicted octanol–water partition coefficient (Wildman–Crippen LogP) is 5.28. The highest BCUT2D eigenvalue weighted by Crippen LogP contribution is 2.28. The van der Waals surface area contributed by atoms with Gasteiger partial charge < -0.3 is 4.74 Å². The van der Waals surface area contributed by atoms with E-state index >= 15 is 0 Å². The van der Waals surface area contributed by atoms with E-state index in [1.807, 2.05) is 0 Å². The fraction of sp³-hybridized carbons (Fsp3) is 0.200. The van der Waals surface area contributed by atoms with Crippen LogP contribution in [0.25, 0.3) is 11.1 Å². The maximum atomic E-state index is 13.2. The lowest BCUT2D eigenvalue weighted by atomic mass is 10.0. The van der Waals surface area contributed by atoms with Gasteiger partial charge in [0, 0.05) is 0 Å². The molecule has 2 aromatic rings. The molecule has 2 rings (SSSR count). The lowest BCUT2D eigenvalue weighted by molar-refractivity contribution is -0.274. The molecule has 0 radical (unpaired) electrons. The van der Waals surface area contributed by atoms with Crippen molar-refractivity contribution in [1.82, 2.24) is 0 Å². The summed E-state index contributed by atoms with van der Waals surface area (Å²) in [6.07, 6.45) is -5.80. The zero-order valence-electron chi connectivity index (χ0n) is 10.6. The van der Waals surface area contributed by atoms with Crippen molar-refractivity contribution in [3.8, 4) is 16.9 Å². The van der Waals surface area contributed by atoms with Gasteiger partial charge >= 0.3 is 6.36 Å². The molecule has 0 aromatic heterocycles. The summed E-state index contributed by atoms with van der Waals surface area (Å²) in [7, 11) is 0. The Bertz CT molecular complexity index is 573. The molecule has 2 aromatic carbocycles. The summed E-state index contributed by atoms with van der Waals surface area (Å²) < 4.78 is 53.2. The summed E-state index contributed by atoms with van der Waals surface area (Å²) in [5, 5.41) is 0. The van der Waals surface area contributed by atoms with Gasteiger partial charge in [0.1, 0.15) is 11.9 Å². The summed E-state index contributed by atoms with van der Waals surface area (Å²) in [5.41, 5.74) is 1.96. The van der Waals surface area contributed by atoms with Crippen LogP contribution in [-0.2, 0) is 0 Å². The van der Waals surface area contributed by atoms with Crippen molar-refractivity contribution in [2.75, 3.05) is 0 Å². The summed E-state index contributed by atoms with van der Waals surface area (Å²) in [6.45, 7) is 1.43. The molecule has 0 bridgehead atoms. The van der Waals surface area contributed by atoms with E-state index in [-0.39, 0.29) is 5.75 Å². The molecule has 0 fully saturated rings. The second kappa shape index (κ2) is 5.53. The molecular weight excluding hydrogens is 272 g/mol. The van der Waals surface area contributed by atoms with Gasteiger partial charge in [0.05, 0.1) is 0 Å². The normalized spacial score (nSPS) is 13.1. The van der Waals surface area contributed by atoms with Crippen molar-refractivity contribution in [3.63, 3.8) is 0 Å². The lowest BCUT2D eigenvalue weighted by Crippen LogP contribution is -2.16. The molecule has 0 amide bonds. The molecule has 0 N–H and O–H groups in total. The summed E-state index contributed by atoms with van der Waals surface area (Å²) in [5.74, 6) is -0.281. The van der Waals surface area contributed by atoms with Crippen LogP contribution >= 0.6 is 0 Å². The molecule has 1 nitrogen and oxygen atoms in total. The number of ether oxygens (including phenoxy) is 1. The Morgan fingerprint density at radius 3 is 2.15 bits per heavy atom. The van der Waals surface area contributed by atoms with Gasteiger partial charge in [-0.1, -0.05) is 30.3 Å². The van der Waals surface area contributed by atoms with Crippen LogP contribution in [0.3, 0.4) is 0 Å². The van der Waals surface area contributed by atoms with Gasteiger partial charge in [-0.3, -0.25) is 0 Å². The zero-order chi connectivity index (χ0) is 14.8. The molecule has 106 valence electrons. The molecule has 0 saturated heterocycles. The standard InChI is InChI=1S/C15H12F4O/c1-10(16)12-3-2-4-13(9-12)11-5-7-14(8-6-11)20-15(17,18)19/h2-10H,1H3/t10-/m1/s1. The predicted molar refractivity (Wildman–Crippen MR) is 68.1 cm³/mol. The van der Waals surface area contributed by atoms with Gasteiger partial charge in [-0.05, 0) is 41.8 Å². The van der Waals surface area contributed by atoms with E-state index in [2.05, 4.69) is 4.74 Å². The molecule has 0 aliphatic heterocycles. The molecular formula is C15H12F4O. The number of hydrogen-bond acceptors (Lipinski definition) is 1. The average Bonchev–Trinajstić information content (AvgIpc) is 2.38. The van der Waals surface area contributed by atoms with E-state index < -0.39 is 12.5 Å². The van der Waals surface area contributed by atoms with Crippen LogP contribution in [0.5, 0.6) is 5.75 Å². The molecule has 0 saturated carbocycles. The molecule has 5 heteroatoms. The molecule has 0 unspecified atom stereocenters. The van der Waals surface area contributed by atoms with E-state index in [0.29, 0.717) is 11.1 Å². The number of halogens is 4. The fourth-order valence-electron chi connectivity index (χ4n) is 1.81. The van der Waals surface area contributed by atoms with Crippen molar-refractivity contribution >= 4 is 0 Å². The molecule has 0 spiro atoms. The van der Waals surface area contributed by atoms with Crippen LogP contribution in [0.2, 0.25) is 0 Å². The first-order valence-electron chi connectivity index (χ1n) is 5.95. The van der Waals surface area contributed by atoms with Crippen LogP contribution in [0.4, 0.5) is 17.6 Å². The SMILES string of the molecule is C[C@@H](F)c1cccc(-c2ccc(OC(F)(F)F)cc2)c1. The largest absolute Gasteiger partial charge is 0.573 e. The minimum absolute atomic E-state index is 0.281. The van der Waals surface area contributed by atoms with Crippen molar-refractivity contribution < 1.29 is 22.3 Å². The highest BCUT2D eigenvalue weighted by atomic mass is 19.4. The second-order valence-corrected chi connectivity index (χ2v) is 4.31. The van der Waals surface area contributed by atoms with Crippen LogP contribution in [-0.4, -0.2) is 6.36 Å². The molecule has 1 atom stereocenters. The van der Waals surface area contributed by atoms with Gasteiger partial charge in [-0.15, -0.1) is 13.2 Å². The number of benzene rings is 2. The number of hydrogen-bond donors (Lipinski definition) is 0. The van der Waals surface area contributed by atoms with Crippen molar-refractivity contribution in [1.29, 1.82) is 0 Å². The molecule has 0 heterocycles. The van der Waals surface area contributed by atoms with Gasteiger partial charge in [0.15, 0.2) is 0 Å². The fourth-order valence-corrected chi connectivity index (χ4v) is 1.81. The summed E-state index contributed by atoms with van der Waals surface area (Å²) in [4.78, 5) is 0. The third-order valence-electron chi connectivity index (χ3n) is 2.77. The highest BCUT2D eigenvalue weighted by molar-refractivity contribution is 5.65.